The first kappa shape index (κ1) is 18.9. The molecule has 1 aromatic heterocycles. The number of aromatic nitrogens is 1. The van der Waals surface area contributed by atoms with Gasteiger partial charge in [-0.25, -0.2) is 4.98 Å². The fourth-order valence-corrected chi connectivity index (χ4v) is 3.26. The van der Waals surface area contributed by atoms with Crippen LogP contribution in [0.3, 0.4) is 0 Å². The van der Waals surface area contributed by atoms with E-state index in [0.717, 1.165) is 11.3 Å². The van der Waals surface area contributed by atoms with Crippen molar-refractivity contribution in [2.24, 2.45) is 0 Å². The van der Waals surface area contributed by atoms with E-state index in [2.05, 4.69) is 22.4 Å². The van der Waals surface area contributed by atoms with Crippen LogP contribution < -0.4 is 14.8 Å². The number of amides is 1. The van der Waals surface area contributed by atoms with E-state index in [4.69, 9.17) is 9.47 Å². The SMILES string of the molecule is COc1ccccc1OCCCC(=O)Nc1nc(-c2ccc(C)cc2)cs1. The monoisotopic (exact) mass is 382 g/mol. The van der Waals surface area contributed by atoms with Crippen molar-refractivity contribution >= 4 is 22.4 Å². The minimum Gasteiger partial charge on any atom is -0.493 e. The Bertz CT molecular complexity index is 890. The Morgan fingerprint density at radius 3 is 2.59 bits per heavy atom. The second-order valence-corrected chi connectivity index (χ2v) is 6.91. The average molecular weight is 382 g/mol. The molecular weight excluding hydrogens is 360 g/mol. The lowest BCUT2D eigenvalue weighted by atomic mass is 10.1. The lowest BCUT2D eigenvalue weighted by Gasteiger charge is -2.09. The molecule has 5 nitrogen and oxygen atoms in total. The molecule has 0 atom stereocenters. The summed E-state index contributed by atoms with van der Waals surface area (Å²) in [5.41, 5.74) is 3.12. The maximum atomic E-state index is 12.1. The second kappa shape index (κ2) is 9.19. The lowest BCUT2D eigenvalue weighted by molar-refractivity contribution is -0.116. The first-order valence-corrected chi connectivity index (χ1v) is 9.62. The molecule has 0 fully saturated rings. The number of hydrogen-bond donors (Lipinski definition) is 1. The third-order valence-electron chi connectivity index (χ3n) is 3.97. The van der Waals surface area contributed by atoms with Crippen molar-refractivity contribution in [3.63, 3.8) is 0 Å². The van der Waals surface area contributed by atoms with Gasteiger partial charge in [0.05, 0.1) is 19.4 Å². The van der Waals surface area contributed by atoms with Gasteiger partial charge in [-0.3, -0.25) is 4.79 Å². The molecule has 0 saturated heterocycles. The molecule has 140 valence electrons. The van der Waals surface area contributed by atoms with Crippen molar-refractivity contribution in [2.45, 2.75) is 19.8 Å². The Morgan fingerprint density at radius 2 is 1.85 bits per heavy atom. The van der Waals surface area contributed by atoms with Gasteiger partial charge in [-0.15, -0.1) is 11.3 Å². The molecule has 0 bridgehead atoms. The maximum absolute atomic E-state index is 12.1. The number of hydrogen-bond acceptors (Lipinski definition) is 5. The zero-order valence-corrected chi connectivity index (χ0v) is 16.2. The molecule has 0 aliphatic rings. The number of aryl methyl sites for hydroxylation is 1. The molecule has 0 saturated carbocycles. The molecule has 3 aromatic rings. The van der Waals surface area contributed by atoms with Crippen LogP contribution in [0.4, 0.5) is 5.13 Å². The number of anilines is 1. The number of para-hydroxylation sites is 2. The average Bonchev–Trinajstić information content (AvgIpc) is 3.14. The number of nitrogens with zero attached hydrogens (tertiary/aromatic N) is 1. The number of thiazole rings is 1. The molecule has 1 N–H and O–H groups in total. The number of ether oxygens (including phenoxy) is 2. The van der Waals surface area contributed by atoms with Crippen molar-refractivity contribution in [3.05, 3.63) is 59.5 Å². The highest BCUT2D eigenvalue weighted by atomic mass is 32.1. The number of rotatable bonds is 8. The Balaban J connectivity index is 1.45. The van der Waals surface area contributed by atoms with E-state index < -0.39 is 0 Å². The molecule has 6 heteroatoms. The van der Waals surface area contributed by atoms with E-state index >= 15 is 0 Å². The van der Waals surface area contributed by atoms with Crippen LogP contribution in [-0.2, 0) is 4.79 Å². The number of carbonyl (C=O) groups excluding carboxylic acids is 1. The highest BCUT2D eigenvalue weighted by Gasteiger charge is 2.09. The number of carbonyl (C=O) groups is 1. The van der Waals surface area contributed by atoms with Crippen molar-refractivity contribution in [1.29, 1.82) is 0 Å². The van der Waals surface area contributed by atoms with Crippen molar-refractivity contribution in [1.82, 2.24) is 4.98 Å². The predicted octanol–water partition coefficient (Wildman–Crippen LogP) is 4.92. The first-order chi connectivity index (χ1) is 13.2. The van der Waals surface area contributed by atoms with Crippen LogP contribution in [0.25, 0.3) is 11.3 Å². The fourth-order valence-electron chi connectivity index (χ4n) is 2.52. The van der Waals surface area contributed by atoms with Crippen LogP contribution in [0, 0.1) is 6.92 Å². The van der Waals surface area contributed by atoms with E-state index in [1.807, 2.05) is 48.7 Å². The molecule has 0 unspecified atom stereocenters. The Labute approximate surface area is 163 Å². The zero-order chi connectivity index (χ0) is 19.1. The van der Waals surface area contributed by atoms with Crippen molar-refractivity contribution in [2.75, 3.05) is 19.0 Å². The van der Waals surface area contributed by atoms with Crippen LogP contribution in [0.2, 0.25) is 0 Å². The third kappa shape index (κ3) is 5.31. The predicted molar refractivity (Wildman–Crippen MR) is 109 cm³/mol. The lowest BCUT2D eigenvalue weighted by Crippen LogP contribution is -2.12. The summed E-state index contributed by atoms with van der Waals surface area (Å²) < 4.78 is 10.9. The van der Waals surface area contributed by atoms with Gasteiger partial charge in [0.2, 0.25) is 5.91 Å². The van der Waals surface area contributed by atoms with Crippen LogP contribution >= 0.6 is 11.3 Å². The first-order valence-electron chi connectivity index (χ1n) is 8.74. The Kier molecular flexibility index (Phi) is 6.44. The molecule has 27 heavy (non-hydrogen) atoms. The number of methoxy groups -OCH3 is 1. The van der Waals surface area contributed by atoms with Gasteiger partial charge in [0.1, 0.15) is 0 Å². The summed E-state index contributed by atoms with van der Waals surface area (Å²) in [6, 6.07) is 15.6. The highest BCUT2D eigenvalue weighted by molar-refractivity contribution is 7.14. The van der Waals surface area contributed by atoms with Crippen molar-refractivity contribution in [3.8, 4) is 22.8 Å². The van der Waals surface area contributed by atoms with E-state index in [1.54, 1.807) is 7.11 Å². The highest BCUT2D eigenvalue weighted by Crippen LogP contribution is 2.26. The normalized spacial score (nSPS) is 10.4. The molecule has 1 amide bonds. The van der Waals surface area contributed by atoms with Crippen LogP contribution in [-0.4, -0.2) is 24.6 Å². The molecule has 1 heterocycles. The van der Waals surface area contributed by atoms with Gasteiger partial charge < -0.3 is 14.8 Å². The van der Waals surface area contributed by atoms with Gasteiger partial charge in [-0.05, 0) is 25.5 Å². The van der Waals surface area contributed by atoms with E-state index in [9.17, 15) is 4.79 Å². The van der Waals surface area contributed by atoms with Gasteiger partial charge in [-0.1, -0.05) is 42.0 Å². The molecule has 0 aliphatic carbocycles. The summed E-state index contributed by atoms with van der Waals surface area (Å²) in [4.78, 5) is 16.6. The minimum absolute atomic E-state index is 0.0663. The van der Waals surface area contributed by atoms with Crippen LogP contribution in [0.1, 0.15) is 18.4 Å². The summed E-state index contributed by atoms with van der Waals surface area (Å²) in [6.07, 6.45) is 0.981. The number of nitrogens with one attached hydrogen (secondary N) is 1. The van der Waals surface area contributed by atoms with E-state index in [1.165, 1.54) is 16.9 Å². The third-order valence-corrected chi connectivity index (χ3v) is 4.73. The van der Waals surface area contributed by atoms with E-state index in [-0.39, 0.29) is 5.91 Å². The van der Waals surface area contributed by atoms with Crippen LogP contribution in [0.5, 0.6) is 11.5 Å². The van der Waals surface area contributed by atoms with Gasteiger partial charge in [0.25, 0.3) is 0 Å². The molecular formula is C21H22N2O3S. The zero-order valence-electron chi connectivity index (χ0n) is 15.4. The largest absolute Gasteiger partial charge is 0.493 e. The molecule has 0 spiro atoms. The van der Waals surface area contributed by atoms with Crippen molar-refractivity contribution < 1.29 is 14.3 Å². The number of benzene rings is 2. The van der Waals surface area contributed by atoms with Crippen LogP contribution in [0.15, 0.2) is 53.9 Å². The molecule has 2 aromatic carbocycles. The summed E-state index contributed by atoms with van der Waals surface area (Å²) >= 11 is 1.43. The second-order valence-electron chi connectivity index (χ2n) is 6.05. The molecule has 0 radical (unpaired) electrons. The fraction of sp³-hybridized carbons (Fsp3) is 0.238. The van der Waals surface area contributed by atoms with Gasteiger partial charge in [-0.2, -0.15) is 0 Å². The van der Waals surface area contributed by atoms with Gasteiger partial charge >= 0.3 is 0 Å². The smallest absolute Gasteiger partial charge is 0.226 e. The molecule has 3 rings (SSSR count). The summed E-state index contributed by atoms with van der Waals surface area (Å²) in [5, 5.41) is 5.41. The van der Waals surface area contributed by atoms with E-state index in [0.29, 0.717) is 36.1 Å². The summed E-state index contributed by atoms with van der Waals surface area (Å²) in [7, 11) is 1.61. The summed E-state index contributed by atoms with van der Waals surface area (Å²) in [6.45, 7) is 2.49. The van der Waals surface area contributed by atoms with Gasteiger partial charge in [0, 0.05) is 17.4 Å². The maximum Gasteiger partial charge on any atom is 0.226 e. The summed E-state index contributed by atoms with van der Waals surface area (Å²) in [5.74, 6) is 1.31. The Morgan fingerprint density at radius 1 is 1.11 bits per heavy atom. The quantitative estimate of drug-likeness (QED) is 0.562. The minimum atomic E-state index is -0.0663. The Hall–Kier alpha value is -2.86. The standard InChI is InChI=1S/C21H22N2O3S/c1-15-9-11-16(12-10-15)17-14-27-21(22-17)23-20(24)8-5-13-26-19-7-4-3-6-18(19)25-2/h3-4,6-7,9-12,14H,5,8,13H2,1-2H3,(H,22,23,24). The topological polar surface area (TPSA) is 60.5 Å². The van der Waals surface area contributed by atoms with Gasteiger partial charge in [0.15, 0.2) is 16.6 Å². The molecule has 0 aliphatic heterocycles.